The van der Waals surface area contributed by atoms with Gasteiger partial charge in [0, 0.05) is 70.6 Å². The number of nitrogens with zero attached hydrogens (tertiary/aromatic N) is 3. The van der Waals surface area contributed by atoms with Crippen molar-refractivity contribution in [1.82, 2.24) is 9.80 Å². The molecule has 0 bridgehead atoms. The molecule has 2 aliphatic heterocycles. The summed E-state index contributed by atoms with van der Waals surface area (Å²) in [5.41, 5.74) is 1.97. The molecule has 0 saturated carbocycles. The molecule has 1 unspecified atom stereocenters. The van der Waals surface area contributed by atoms with Crippen molar-refractivity contribution in [3.05, 3.63) is 24.3 Å². The second kappa shape index (κ2) is 9.89. The van der Waals surface area contributed by atoms with Gasteiger partial charge >= 0.3 is 0 Å². The predicted molar refractivity (Wildman–Crippen MR) is 111 cm³/mol. The Morgan fingerprint density at radius 1 is 1.18 bits per heavy atom. The van der Waals surface area contributed by atoms with Gasteiger partial charge in [0.2, 0.25) is 11.8 Å². The quantitative estimate of drug-likeness (QED) is 0.772. The summed E-state index contributed by atoms with van der Waals surface area (Å²) in [5, 5.41) is 2.93. The molecule has 0 radical (unpaired) electrons. The van der Waals surface area contributed by atoms with Crippen LogP contribution in [0.2, 0.25) is 0 Å². The molecule has 2 amide bonds. The molecule has 7 nitrogen and oxygen atoms in total. The van der Waals surface area contributed by atoms with Crippen LogP contribution >= 0.6 is 0 Å². The Balaban J connectivity index is 1.45. The van der Waals surface area contributed by atoms with Crippen molar-refractivity contribution in [2.75, 3.05) is 63.1 Å². The van der Waals surface area contributed by atoms with Crippen molar-refractivity contribution in [2.45, 2.75) is 32.3 Å². The van der Waals surface area contributed by atoms with E-state index in [1.807, 2.05) is 12.1 Å². The van der Waals surface area contributed by atoms with Crippen molar-refractivity contribution in [3.8, 4) is 0 Å². The molecular formula is C21H32N4O3. The van der Waals surface area contributed by atoms with Gasteiger partial charge in [-0.2, -0.15) is 0 Å². The predicted octanol–water partition coefficient (Wildman–Crippen LogP) is 1.79. The number of amides is 2. The molecule has 154 valence electrons. The van der Waals surface area contributed by atoms with E-state index in [1.54, 1.807) is 11.8 Å². The lowest BCUT2D eigenvalue weighted by atomic mass is 10.2. The van der Waals surface area contributed by atoms with E-state index in [2.05, 4.69) is 34.3 Å². The van der Waals surface area contributed by atoms with Gasteiger partial charge in [-0.15, -0.1) is 0 Å². The highest BCUT2D eigenvalue weighted by atomic mass is 16.5. The van der Waals surface area contributed by atoms with Crippen LogP contribution in [0.3, 0.4) is 0 Å². The van der Waals surface area contributed by atoms with Crippen LogP contribution in [0.4, 0.5) is 11.4 Å². The minimum atomic E-state index is -0.0778. The van der Waals surface area contributed by atoms with Gasteiger partial charge in [-0.1, -0.05) is 0 Å². The third kappa shape index (κ3) is 5.94. The summed E-state index contributed by atoms with van der Waals surface area (Å²) >= 11 is 0. The number of rotatable bonds is 7. The summed E-state index contributed by atoms with van der Waals surface area (Å²) in [5.74, 6) is -0.0919. The number of hydrogen-bond donors (Lipinski definition) is 1. The highest BCUT2D eigenvalue weighted by Gasteiger charge is 2.21. The van der Waals surface area contributed by atoms with Gasteiger partial charge < -0.3 is 24.8 Å². The molecular weight excluding hydrogens is 356 g/mol. The van der Waals surface area contributed by atoms with Crippen LogP contribution in [-0.4, -0.2) is 80.6 Å². The Morgan fingerprint density at radius 2 is 1.89 bits per heavy atom. The van der Waals surface area contributed by atoms with Crippen LogP contribution < -0.4 is 10.2 Å². The fourth-order valence-corrected chi connectivity index (χ4v) is 3.69. The van der Waals surface area contributed by atoms with E-state index < -0.39 is 0 Å². The van der Waals surface area contributed by atoms with Crippen LogP contribution in [0.25, 0.3) is 0 Å². The lowest BCUT2D eigenvalue weighted by Gasteiger charge is -2.34. The number of anilines is 2. The fraction of sp³-hybridized carbons (Fsp3) is 0.619. The molecule has 1 atom stereocenters. The number of piperazine rings is 1. The molecule has 1 N–H and O–H groups in total. The zero-order valence-electron chi connectivity index (χ0n) is 17.0. The van der Waals surface area contributed by atoms with Crippen LogP contribution in [0, 0.1) is 0 Å². The Hall–Kier alpha value is -2.12. The number of ether oxygens (including phenoxy) is 1. The lowest BCUT2D eigenvalue weighted by molar-refractivity contribution is -0.130. The van der Waals surface area contributed by atoms with Gasteiger partial charge in [-0.05, 0) is 44.2 Å². The second-order valence-corrected chi connectivity index (χ2v) is 7.74. The monoisotopic (exact) mass is 388 g/mol. The van der Waals surface area contributed by atoms with Gasteiger partial charge in [0.1, 0.15) is 0 Å². The normalized spacial score (nSPS) is 20.2. The average molecular weight is 389 g/mol. The summed E-state index contributed by atoms with van der Waals surface area (Å²) in [6, 6.07) is 8.00. The highest BCUT2D eigenvalue weighted by Crippen LogP contribution is 2.19. The first-order valence-electron chi connectivity index (χ1n) is 10.2. The molecule has 3 rings (SSSR count). The van der Waals surface area contributed by atoms with E-state index in [0.717, 1.165) is 51.3 Å². The molecule has 2 heterocycles. The Kier molecular flexibility index (Phi) is 7.28. The Morgan fingerprint density at radius 3 is 2.50 bits per heavy atom. The maximum absolute atomic E-state index is 12.3. The lowest BCUT2D eigenvalue weighted by Crippen LogP contribution is -2.44. The maximum Gasteiger partial charge on any atom is 0.226 e. The summed E-state index contributed by atoms with van der Waals surface area (Å²) in [6.07, 6.45) is 2.41. The number of hydrogen-bond acceptors (Lipinski definition) is 5. The summed E-state index contributed by atoms with van der Waals surface area (Å²) in [7, 11) is 2.14. The SMILES string of the molecule is CC(=O)N(CCC(=O)Nc1ccc(N2CCN(C)CC2)cc1)CC1CCCO1. The third-order valence-corrected chi connectivity index (χ3v) is 5.52. The zero-order valence-corrected chi connectivity index (χ0v) is 17.0. The number of carbonyl (C=O) groups is 2. The number of benzene rings is 1. The van der Waals surface area contributed by atoms with Gasteiger partial charge in [0.05, 0.1) is 6.10 Å². The summed E-state index contributed by atoms with van der Waals surface area (Å²) < 4.78 is 5.60. The van der Waals surface area contributed by atoms with E-state index in [1.165, 1.54) is 5.69 Å². The second-order valence-electron chi connectivity index (χ2n) is 7.74. The molecule has 2 fully saturated rings. The van der Waals surface area contributed by atoms with E-state index in [-0.39, 0.29) is 24.3 Å². The van der Waals surface area contributed by atoms with Crippen LogP contribution in [0.15, 0.2) is 24.3 Å². The van der Waals surface area contributed by atoms with Crippen LogP contribution in [0.1, 0.15) is 26.2 Å². The van der Waals surface area contributed by atoms with E-state index >= 15 is 0 Å². The number of carbonyl (C=O) groups excluding carboxylic acids is 2. The Bertz CT molecular complexity index is 650. The number of nitrogens with one attached hydrogen (secondary N) is 1. The van der Waals surface area contributed by atoms with Crippen LogP contribution in [0.5, 0.6) is 0 Å². The van der Waals surface area contributed by atoms with E-state index in [9.17, 15) is 9.59 Å². The van der Waals surface area contributed by atoms with E-state index in [0.29, 0.717) is 13.1 Å². The average Bonchev–Trinajstić information content (AvgIpc) is 3.19. The van der Waals surface area contributed by atoms with Crippen molar-refractivity contribution >= 4 is 23.2 Å². The zero-order chi connectivity index (χ0) is 19.9. The van der Waals surface area contributed by atoms with Crippen molar-refractivity contribution in [1.29, 1.82) is 0 Å². The minimum Gasteiger partial charge on any atom is -0.376 e. The minimum absolute atomic E-state index is 0.0140. The third-order valence-electron chi connectivity index (χ3n) is 5.52. The van der Waals surface area contributed by atoms with Crippen LogP contribution in [-0.2, 0) is 14.3 Å². The highest BCUT2D eigenvalue weighted by molar-refractivity contribution is 5.91. The fourth-order valence-electron chi connectivity index (χ4n) is 3.69. The number of likely N-dealkylation sites (N-methyl/N-ethyl adjacent to an activating group) is 1. The van der Waals surface area contributed by atoms with Gasteiger partial charge in [-0.3, -0.25) is 9.59 Å². The molecule has 2 aliphatic rings. The van der Waals surface area contributed by atoms with Crippen molar-refractivity contribution < 1.29 is 14.3 Å². The van der Waals surface area contributed by atoms with Gasteiger partial charge in [-0.25, -0.2) is 0 Å². The molecule has 1 aromatic rings. The summed E-state index contributed by atoms with van der Waals surface area (Å²) in [6.45, 7) is 7.48. The van der Waals surface area contributed by atoms with E-state index in [4.69, 9.17) is 4.74 Å². The molecule has 7 heteroatoms. The smallest absolute Gasteiger partial charge is 0.226 e. The molecule has 0 aliphatic carbocycles. The topological polar surface area (TPSA) is 65.1 Å². The molecule has 1 aromatic carbocycles. The first-order chi connectivity index (χ1) is 13.5. The molecule has 0 aromatic heterocycles. The molecule has 2 saturated heterocycles. The van der Waals surface area contributed by atoms with Crippen molar-refractivity contribution in [3.63, 3.8) is 0 Å². The van der Waals surface area contributed by atoms with Gasteiger partial charge in [0.15, 0.2) is 0 Å². The standard InChI is InChI=1S/C21H32N4O3/c1-17(26)25(16-20-4-3-15-28-20)10-9-21(27)22-18-5-7-19(8-6-18)24-13-11-23(2)12-14-24/h5-8,20H,3-4,9-16H2,1-2H3,(H,22,27). The van der Waals surface area contributed by atoms with Gasteiger partial charge in [0.25, 0.3) is 0 Å². The summed E-state index contributed by atoms with van der Waals surface area (Å²) in [4.78, 5) is 30.5. The maximum atomic E-state index is 12.3. The first-order valence-corrected chi connectivity index (χ1v) is 10.2. The first kappa shape index (κ1) is 20.6. The molecule has 28 heavy (non-hydrogen) atoms. The van der Waals surface area contributed by atoms with Crippen molar-refractivity contribution in [2.24, 2.45) is 0 Å². The Labute approximate surface area is 167 Å². The molecule has 0 spiro atoms. The largest absolute Gasteiger partial charge is 0.376 e.